The molecule has 1 amide bonds. The van der Waals surface area contributed by atoms with Gasteiger partial charge >= 0.3 is 0 Å². The van der Waals surface area contributed by atoms with Crippen molar-refractivity contribution in [3.63, 3.8) is 0 Å². The van der Waals surface area contributed by atoms with Crippen molar-refractivity contribution in [3.8, 4) is 12.3 Å². The Bertz CT molecular complexity index is 1010. The highest BCUT2D eigenvalue weighted by atomic mass is 35.5. The highest BCUT2D eigenvalue weighted by Gasteiger charge is 2.34. The van der Waals surface area contributed by atoms with Crippen LogP contribution >= 0.6 is 11.6 Å². The molecule has 2 N–H and O–H groups in total. The van der Waals surface area contributed by atoms with Gasteiger partial charge in [-0.25, -0.2) is 8.42 Å². The number of carbonyl (C=O) groups excluding carboxylic acids is 1. The smallest absolute Gasteiger partial charge is 0.269 e. The quantitative estimate of drug-likeness (QED) is 0.396. The Balaban J connectivity index is 2.43. The predicted molar refractivity (Wildman–Crippen MR) is 104 cm³/mol. The second-order valence-corrected chi connectivity index (χ2v) is 8.08. The first kappa shape index (κ1) is 21.4. The average Bonchev–Trinajstić information content (AvgIpc) is 2.65. The highest BCUT2D eigenvalue weighted by molar-refractivity contribution is 7.89. The van der Waals surface area contributed by atoms with Gasteiger partial charge in [0.1, 0.15) is 6.04 Å². The van der Waals surface area contributed by atoms with Crippen molar-refractivity contribution >= 4 is 33.2 Å². The Morgan fingerprint density at radius 1 is 1.21 bits per heavy atom. The standard InChI is InChI=1S/C18H16ClN3O5S/c1-2-11-21(17(18(20)23)12-13-3-5-14(19)6-4-13)28(26,27)16-9-7-15(8-10-16)22(24)25/h1,3-10,17H,11-12H2,(H2,20,23)/t17-/m0/s1. The number of non-ortho nitro benzene ring substituents is 1. The molecule has 0 unspecified atom stereocenters. The Kier molecular flexibility index (Phi) is 6.75. The summed E-state index contributed by atoms with van der Waals surface area (Å²) in [5.41, 5.74) is 5.82. The second-order valence-electron chi connectivity index (χ2n) is 5.75. The van der Waals surface area contributed by atoms with E-state index in [1.54, 1.807) is 24.3 Å². The molecular weight excluding hydrogens is 406 g/mol. The van der Waals surface area contributed by atoms with Gasteiger partial charge in [-0.15, -0.1) is 6.42 Å². The van der Waals surface area contributed by atoms with Gasteiger partial charge in [-0.3, -0.25) is 14.9 Å². The molecule has 0 aliphatic carbocycles. The molecule has 146 valence electrons. The maximum atomic E-state index is 13.0. The second kappa shape index (κ2) is 8.84. The molecule has 10 heteroatoms. The summed E-state index contributed by atoms with van der Waals surface area (Å²) >= 11 is 5.84. The number of primary amides is 1. The number of amides is 1. The summed E-state index contributed by atoms with van der Waals surface area (Å²) in [5, 5.41) is 11.3. The van der Waals surface area contributed by atoms with Gasteiger partial charge in [-0.2, -0.15) is 4.31 Å². The predicted octanol–water partition coefficient (Wildman–Crippen LogP) is 1.97. The lowest BCUT2D eigenvalue weighted by atomic mass is 10.1. The number of terminal acetylenes is 1. The molecule has 0 saturated heterocycles. The van der Waals surface area contributed by atoms with E-state index in [1.807, 2.05) is 0 Å². The fourth-order valence-electron chi connectivity index (χ4n) is 2.52. The molecule has 0 aliphatic rings. The van der Waals surface area contributed by atoms with Crippen LogP contribution in [-0.4, -0.2) is 36.1 Å². The van der Waals surface area contributed by atoms with Gasteiger partial charge in [0.05, 0.1) is 16.4 Å². The Labute approximate surface area is 167 Å². The van der Waals surface area contributed by atoms with Crippen LogP contribution in [0, 0.1) is 22.5 Å². The van der Waals surface area contributed by atoms with Crippen LogP contribution < -0.4 is 5.73 Å². The molecule has 2 aromatic carbocycles. The number of nitro benzene ring substituents is 1. The topological polar surface area (TPSA) is 124 Å². The van der Waals surface area contributed by atoms with E-state index in [-0.39, 0.29) is 17.0 Å². The molecule has 0 heterocycles. The monoisotopic (exact) mass is 421 g/mol. The summed E-state index contributed by atoms with van der Waals surface area (Å²) in [6.07, 6.45) is 5.29. The number of nitrogens with two attached hydrogens (primary N) is 1. The minimum absolute atomic E-state index is 0.0135. The van der Waals surface area contributed by atoms with Gasteiger partial charge < -0.3 is 5.73 Å². The molecule has 1 atom stereocenters. The summed E-state index contributed by atoms with van der Waals surface area (Å²) in [4.78, 5) is 21.9. The number of nitrogens with zero attached hydrogens (tertiary/aromatic N) is 2. The molecule has 0 aliphatic heterocycles. The molecule has 0 radical (unpaired) electrons. The number of sulfonamides is 1. The van der Waals surface area contributed by atoms with E-state index in [9.17, 15) is 23.3 Å². The average molecular weight is 422 g/mol. The zero-order valence-corrected chi connectivity index (χ0v) is 16.1. The first-order valence-corrected chi connectivity index (χ1v) is 9.72. The molecule has 2 rings (SSSR count). The highest BCUT2D eigenvalue weighted by Crippen LogP contribution is 2.23. The number of carbonyl (C=O) groups is 1. The number of hydrogen-bond donors (Lipinski definition) is 1. The molecule has 0 aromatic heterocycles. The molecule has 28 heavy (non-hydrogen) atoms. The Hall–Kier alpha value is -2.93. The molecule has 0 spiro atoms. The molecular formula is C18H16ClN3O5S. The SMILES string of the molecule is C#CCN([C@@H](Cc1ccc(Cl)cc1)C(N)=O)S(=O)(=O)c1ccc([N+](=O)[O-])cc1. The number of benzene rings is 2. The van der Waals surface area contributed by atoms with Crippen LogP contribution in [-0.2, 0) is 21.2 Å². The lowest BCUT2D eigenvalue weighted by Gasteiger charge is -2.27. The van der Waals surface area contributed by atoms with Crippen molar-refractivity contribution in [1.29, 1.82) is 0 Å². The Morgan fingerprint density at radius 3 is 2.25 bits per heavy atom. The lowest BCUT2D eigenvalue weighted by Crippen LogP contribution is -2.49. The van der Waals surface area contributed by atoms with Crippen LogP contribution in [0.2, 0.25) is 5.02 Å². The van der Waals surface area contributed by atoms with E-state index in [0.717, 1.165) is 28.6 Å². The van der Waals surface area contributed by atoms with E-state index in [4.69, 9.17) is 23.8 Å². The van der Waals surface area contributed by atoms with Crippen LogP contribution in [0.1, 0.15) is 5.56 Å². The van der Waals surface area contributed by atoms with E-state index < -0.39 is 33.4 Å². The third kappa shape index (κ3) is 4.86. The maximum absolute atomic E-state index is 13.0. The van der Waals surface area contributed by atoms with Crippen LogP contribution in [0.25, 0.3) is 0 Å². The molecule has 8 nitrogen and oxygen atoms in total. The van der Waals surface area contributed by atoms with E-state index >= 15 is 0 Å². The summed E-state index contributed by atoms with van der Waals surface area (Å²) in [6.45, 7) is -0.402. The van der Waals surface area contributed by atoms with Gasteiger partial charge in [0.2, 0.25) is 15.9 Å². The Morgan fingerprint density at radius 2 is 1.79 bits per heavy atom. The van der Waals surface area contributed by atoms with Crippen LogP contribution in [0.3, 0.4) is 0 Å². The van der Waals surface area contributed by atoms with Crippen molar-refractivity contribution in [3.05, 3.63) is 69.2 Å². The van der Waals surface area contributed by atoms with E-state index in [0.29, 0.717) is 10.6 Å². The fraction of sp³-hybridized carbons (Fsp3) is 0.167. The van der Waals surface area contributed by atoms with Crippen molar-refractivity contribution in [2.45, 2.75) is 17.4 Å². The van der Waals surface area contributed by atoms with Gasteiger partial charge in [0.15, 0.2) is 0 Å². The van der Waals surface area contributed by atoms with Crippen LogP contribution in [0.15, 0.2) is 53.4 Å². The third-order valence-corrected chi connectivity index (χ3v) is 6.04. The molecule has 0 bridgehead atoms. The largest absolute Gasteiger partial charge is 0.368 e. The molecule has 2 aromatic rings. The normalized spacial score (nSPS) is 12.3. The fourth-order valence-corrected chi connectivity index (χ4v) is 4.15. The molecule has 0 saturated carbocycles. The van der Waals surface area contributed by atoms with Crippen molar-refractivity contribution in [2.24, 2.45) is 5.73 Å². The van der Waals surface area contributed by atoms with Gasteiger partial charge in [-0.05, 0) is 36.2 Å². The van der Waals surface area contributed by atoms with Gasteiger partial charge in [0, 0.05) is 17.2 Å². The van der Waals surface area contributed by atoms with Crippen molar-refractivity contribution in [1.82, 2.24) is 4.31 Å². The van der Waals surface area contributed by atoms with Gasteiger partial charge in [-0.1, -0.05) is 29.7 Å². The van der Waals surface area contributed by atoms with E-state index in [2.05, 4.69) is 5.92 Å². The third-order valence-electron chi connectivity index (χ3n) is 3.92. The number of halogens is 1. The summed E-state index contributed by atoms with van der Waals surface area (Å²) in [7, 11) is -4.24. The van der Waals surface area contributed by atoms with E-state index in [1.165, 1.54) is 0 Å². The first-order chi connectivity index (χ1) is 13.2. The summed E-state index contributed by atoms with van der Waals surface area (Å²) in [5.74, 6) is 1.33. The van der Waals surface area contributed by atoms with Gasteiger partial charge in [0.25, 0.3) is 5.69 Å². The first-order valence-electron chi connectivity index (χ1n) is 7.90. The number of hydrogen-bond acceptors (Lipinski definition) is 5. The minimum atomic E-state index is -4.24. The van der Waals surface area contributed by atoms with Crippen molar-refractivity contribution < 1.29 is 18.1 Å². The summed E-state index contributed by atoms with van der Waals surface area (Å²) < 4.78 is 26.9. The van der Waals surface area contributed by atoms with Crippen molar-refractivity contribution in [2.75, 3.05) is 6.54 Å². The summed E-state index contributed by atoms with van der Waals surface area (Å²) in [6, 6.07) is 9.51. The van der Waals surface area contributed by atoms with Crippen LogP contribution in [0.5, 0.6) is 0 Å². The number of nitro groups is 1. The van der Waals surface area contributed by atoms with Crippen LogP contribution in [0.4, 0.5) is 5.69 Å². The minimum Gasteiger partial charge on any atom is -0.368 e. The lowest BCUT2D eigenvalue weighted by molar-refractivity contribution is -0.384. The zero-order chi connectivity index (χ0) is 20.9. The zero-order valence-electron chi connectivity index (χ0n) is 14.5. The maximum Gasteiger partial charge on any atom is 0.269 e. The number of rotatable bonds is 8. The molecule has 0 fully saturated rings.